The number of benzene rings is 1. The van der Waals surface area contributed by atoms with Gasteiger partial charge in [-0.3, -0.25) is 4.79 Å². The molecule has 2 aromatic rings. The van der Waals surface area contributed by atoms with Gasteiger partial charge < -0.3 is 11.1 Å². The Balaban J connectivity index is 2.61. The fraction of sp³-hybridized carbons (Fsp3) is 0.267. The summed E-state index contributed by atoms with van der Waals surface area (Å²) < 4.78 is 0. The molecule has 1 aromatic carbocycles. The highest BCUT2D eigenvalue weighted by Gasteiger charge is 2.23. The van der Waals surface area contributed by atoms with Gasteiger partial charge in [0.25, 0.3) is 5.91 Å². The van der Waals surface area contributed by atoms with Crippen LogP contribution in [0.1, 0.15) is 29.1 Å². The van der Waals surface area contributed by atoms with E-state index < -0.39 is 0 Å². The van der Waals surface area contributed by atoms with Crippen LogP contribution in [0.4, 0.5) is 5.00 Å². The van der Waals surface area contributed by atoms with Crippen molar-refractivity contribution in [2.45, 2.75) is 26.8 Å². The highest BCUT2D eigenvalue weighted by atomic mass is 35.5. The highest BCUT2D eigenvalue weighted by molar-refractivity contribution is 7.16. The van der Waals surface area contributed by atoms with Crippen LogP contribution in [-0.2, 0) is 0 Å². The van der Waals surface area contributed by atoms with Gasteiger partial charge in [-0.2, -0.15) is 0 Å². The number of amides is 1. The van der Waals surface area contributed by atoms with Crippen molar-refractivity contribution in [1.82, 2.24) is 5.32 Å². The van der Waals surface area contributed by atoms with E-state index in [0.29, 0.717) is 20.6 Å². The summed E-state index contributed by atoms with van der Waals surface area (Å²) in [5, 5.41) is 4.42. The van der Waals surface area contributed by atoms with E-state index in [1.54, 1.807) is 12.1 Å². The van der Waals surface area contributed by atoms with Gasteiger partial charge in [-0.05, 0) is 32.9 Å². The number of nitrogen functional groups attached to an aromatic ring is 1. The van der Waals surface area contributed by atoms with E-state index in [1.807, 2.05) is 26.8 Å². The Morgan fingerprint density at radius 2 is 2.00 bits per heavy atom. The number of halogens is 2. The highest BCUT2D eigenvalue weighted by Crippen LogP contribution is 2.41. The number of hydrogen-bond acceptors (Lipinski definition) is 3. The molecular formula is C15H16Cl2N2OS. The van der Waals surface area contributed by atoms with E-state index in [-0.39, 0.29) is 11.9 Å². The summed E-state index contributed by atoms with van der Waals surface area (Å²) in [6, 6.07) is 5.26. The summed E-state index contributed by atoms with van der Waals surface area (Å²) in [5.41, 5.74) is 8.05. The summed E-state index contributed by atoms with van der Waals surface area (Å²) in [4.78, 5) is 13.4. The van der Waals surface area contributed by atoms with Crippen LogP contribution >= 0.6 is 34.5 Å². The topological polar surface area (TPSA) is 55.1 Å². The summed E-state index contributed by atoms with van der Waals surface area (Å²) in [6.45, 7) is 5.73. The number of anilines is 1. The molecule has 0 fully saturated rings. The molecule has 6 heteroatoms. The lowest BCUT2D eigenvalue weighted by Gasteiger charge is -2.12. The van der Waals surface area contributed by atoms with Gasteiger partial charge in [0.15, 0.2) is 0 Å². The molecule has 3 N–H and O–H groups in total. The molecule has 0 spiro atoms. The normalized spacial score (nSPS) is 11.0. The van der Waals surface area contributed by atoms with Gasteiger partial charge in [0.2, 0.25) is 0 Å². The van der Waals surface area contributed by atoms with Crippen LogP contribution in [0.2, 0.25) is 10.0 Å². The lowest BCUT2D eigenvalue weighted by atomic mass is 10.0. The molecule has 3 nitrogen and oxygen atoms in total. The third-order valence-electron chi connectivity index (χ3n) is 2.96. The maximum absolute atomic E-state index is 12.4. The number of thiophene rings is 1. The van der Waals surface area contributed by atoms with Gasteiger partial charge in [0, 0.05) is 32.1 Å². The van der Waals surface area contributed by atoms with Crippen molar-refractivity contribution in [3.05, 3.63) is 38.7 Å². The maximum atomic E-state index is 12.4. The fourth-order valence-corrected chi connectivity index (χ4v) is 3.59. The van der Waals surface area contributed by atoms with Gasteiger partial charge >= 0.3 is 0 Å². The Morgan fingerprint density at radius 1 is 1.33 bits per heavy atom. The van der Waals surface area contributed by atoms with E-state index in [0.717, 1.165) is 16.0 Å². The number of rotatable bonds is 3. The Labute approximate surface area is 138 Å². The van der Waals surface area contributed by atoms with Gasteiger partial charge in [-0.1, -0.05) is 29.3 Å². The molecule has 0 saturated heterocycles. The lowest BCUT2D eigenvalue weighted by Crippen LogP contribution is -2.30. The van der Waals surface area contributed by atoms with Gasteiger partial charge in [-0.25, -0.2) is 0 Å². The van der Waals surface area contributed by atoms with Crippen molar-refractivity contribution in [1.29, 1.82) is 0 Å². The predicted molar refractivity (Wildman–Crippen MR) is 91.5 cm³/mol. The molecule has 0 aliphatic heterocycles. The smallest absolute Gasteiger partial charge is 0.255 e. The molecule has 0 aliphatic rings. The summed E-state index contributed by atoms with van der Waals surface area (Å²) in [5.74, 6) is -0.187. The van der Waals surface area contributed by atoms with Crippen molar-refractivity contribution in [3.8, 4) is 11.1 Å². The van der Waals surface area contributed by atoms with E-state index in [2.05, 4.69) is 5.32 Å². The molecule has 1 aromatic heterocycles. The van der Waals surface area contributed by atoms with E-state index in [1.165, 1.54) is 11.3 Å². The van der Waals surface area contributed by atoms with E-state index in [4.69, 9.17) is 28.9 Å². The maximum Gasteiger partial charge on any atom is 0.255 e. The fourth-order valence-electron chi connectivity index (χ4n) is 2.14. The zero-order chi connectivity index (χ0) is 15.7. The van der Waals surface area contributed by atoms with Gasteiger partial charge in [0.05, 0.1) is 10.6 Å². The third kappa shape index (κ3) is 3.34. The molecule has 21 heavy (non-hydrogen) atoms. The summed E-state index contributed by atoms with van der Waals surface area (Å²) in [6.07, 6.45) is 0. The molecule has 0 bridgehead atoms. The second-order valence-corrected chi connectivity index (χ2v) is 7.12. The number of carbonyl (C=O) groups excluding carboxylic acids is 1. The first kappa shape index (κ1) is 16.1. The molecule has 112 valence electrons. The first-order valence-electron chi connectivity index (χ1n) is 6.46. The first-order valence-corrected chi connectivity index (χ1v) is 8.03. The zero-order valence-corrected chi connectivity index (χ0v) is 14.3. The van der Waals surface area contributed by atoms with Crippen LogP contribution < -0.4 is 11.1 Å². The monoisotopic (exact) mass is 342 g/mol. The second kappa shape index (κ2) is 6.26. The molecule has 1 heterocycles. The minimum Gasteiger partial charge on any atom is -0.390 e. The van der Waals surface area contributed by atoms with Crippen molar-refractivity contribution in [2.75, 3.05) is 5.73 Å². The van der Waals surface area contributed by atoms with Crippen LogP contribution in [0.5, 0.6) is 0 Å². The van der Waals surface area contributed by atoms with Gasteiger partial charge in [0.1, 0.15) is 0 Å². The Kier molecular flexibility index (Phi) is 4.81. The van der Waals surface area contributed by atoms with Crippen molar-refractivity contribution in [3.63, 3.8) is 0 Å². The SMILES string of the molecule is Cc1sc(N)c(C(=O)NC(C)C)c1-c1ccc(Cl)cc1Cl. The van der Waals surface area contributed by atoms with E-state index >= 15 is 0 Å². The average molecular weight is 343 g/mol. The van der Waals surface area contributed by atoms with Crippen molar-refractivity contribution < 1.29 is 4.79 Å². The third-order valence-corrected chi connectivity index (χ3v) is 4.44. The largest absolute Gasteiger partial charge is 0.390 e. The molecule has 0 aliphatic carbocycles. The van der Waals surface area contributed by atoms with Gasteiger partial charge in [-0.15, -0.1) is 11.3 Å². The Bertz CT molecular complexity index is 695. The minimum absolute atomic E-state index is 0.0330. The molecule has 2 rings (SSSR count). The van der Waals surface area contributed by atoms with Crippen LogP contribution in [-0.4, -0.2) is 11.9 Å². The molecule has 0 saturated carbocycles. The van der Waals surface area contributed by atoms with Crippen LogP contribution in [0.3, 0.4) is 0 Å². The first-order chi connectivity index (χ1) is 9.81. The Morgan fingerprint density at radius 3 is 2.57 bits per heavy atom. The molecule has 0 radical (unpaired) electrons. The quantitative estimate of drug-likeness (QED) is 0.845. The number of nitrogens with one attached hydrogen (secondary N) is 1. The second-order valence-electron chi connectivity index (χ2n) is 5.02. The number of aryl methyl sites for hydroxylation is 1. The van der Waals surface area contributed by atoms with Crippen molar-refractivity contribution >= 4 is 45.4 Å². The number of nitrogens with two attached hydrogens (primary N) is 1. The van der Waals surface area contributed by atoms with Crippen LogP contribution in [0.25, 0.3) is 11.1 Å². The number of carbonyl (C=O) groups is 1. The lowest BCUT2D eigenvalue weighted by molar-refractivity contribution is 0.0945. The zero-order valence-electron chi connectivity index (χ0n) is 12.0. The minimum atomic E-state index is -0.187. The average Bonchev–Trinajstić information content (AvgIpc) is 2.63. The summed E-state index contributed by atoms with van der Waals surface area (Å²) in [7, 11) is 0. The van der Waals surface area contributed by atoms with Crippen LogP contribution in [0, 0.1) is 6.92 Å². The molecule has 1 amide bonds. The van der Waals surface area contributed by atoms with E-state index in [9.17, 15) is 4.79 Å². The Hall–Kier alpha value is -1.23. The van der Waals surface area contributed by atoms with Crippen molar-refractivity contribution in [2.24, 2.45) is 0 Å². The molecule has 0 atom stereocenters. The predicted octanol–water partition coefficient (Wildman–Crippen LogP) is 4.75. The van der Waals surface area contributed by atoms with Crippen LogP contribution in [0.15, 0.2) is 18.2 Å². The summed E-state index contributed by atoms with van der Waals surface area (Å²) >= 11 is 13.6. The number of hydrogen-bond donors (Lipinski definition) is 2. The standard InChI is InChI=1S/C15H16Cl2N2OS/c1-7(2)19-15(20)13-12(8(3)21-14(13)18)10-5-4-9(16)6-11(10)17/h4-7H,18H2,1-3H3,(H,19,20). The molecule has 0 unspecified atom stereocenters. The molecular weight excluding hydrogens is 327 g/mol.